The second kappa shape index (κ2) is 10.2. The predicted molar refractivity (Wildman–Crippen MR) is 108 cm³/mol. The van der Waals surface area contributed by atoms with Crippen LogP contribution in [0.4, 0.5) is 0 Å². The van der Waals surface area contributed by atoms with Gasteiger partial charge >= 0.3 is 0 Å². The first-order valence-corrected chi connectivity index (χ1v) is 9.50. The minimum atomic E-state index is -0.0682. The maximum absolute atomic E-state index is 12.6. The van der Waals surface area contributed by atoms with Gasteiger partial charge in [0.2, 0.25) is 5.91 Å². The van der Waals surface area contributed by atoms with Crippen LogP contribution in [0, 0.1) is 11.8 Å². The molecule has 1 aliphatic rings. The summed E-state index contributed by atoms with van der Waals surface area (Å²) in [6.07, 6.45) is 4.05. The molecule has 0 aromatic heterocycles. The summed E-state index contributed by atoms with van der Waals surface area (Å²) in [4.78, 5) is 12.6. The third-order valence-corrected chi connectivity index (χ3v) is 5.78. The average Bonchev–Trinajstić information content (AvgIpc) is 2.61. The van der Waals surface area contributed by atoms with E-state index in [1.165, 1.54) is 18.4 Å². The summed E-state index contributed by atoms with van der Waals surface area (Å²) < 4.78 is 0. The van der Waals surface area contributed by atoms with E-state index >= 15 is 0 Å². The minimum absolute atomic E-state index is 0. The Morgan fingerprint density at radius 3 is 2.56 bits per heavy atom. The molecule has 0 aliphatic carbocycles. The molecule has 0 spiro atoms. The summed E-state index contributed by atoms with van der Waals surface area (Å²) in [5.74, 6) is 1.27. The molecule has 1 heterocycles. The summed E-state index contributed by atoms with van der Waals surface area (Å²) in [6, 6.07) is 10.7. The average molecular weight is 367 g/mol. The van der Waals surface area contributed by atoms with Gasteiger partial charge in [-0.15, -0.1) is 12.4 Å². The molecule has 142 valence electrons. The van der Waals surface area contributed by atoms with Gasteiger partial charge in [0.05, 0.1) is 0 Å². The van der Waals surface area contributed by atoms with Crippen LogP contribution in [0.15, 0.2) is 30.3 Å². The van der Waals surface area contributed by atoms with Crippen LogP contribution in [0.25, 0.3) is 0 Å². The minimum Gasteiger partial charge on any atom is -0.353 e. The zero-order valence-electron chi connectivity index (χ0n) is 16.2. The van der Waals surface area contributed by atoms with Gasteiger partial charge in [0, 0.05) is 17.9 Å². The molecular weight excluding hydrogens is 332 g/mol. The maximum atomic E-state index is 12.6. The first-order chi connectivity index (χ1) is 11.4. The van der Waals surface area contributed by atoms with E-state index in [-0.39, 0.29) is 29.8 Å². The van der Waals surface area contributed by atoms with Crippen LogP contribution in [0.1, 0.15) is 58.9 Å². The van der Waals surface area contributed by atoms with Crippen molar-refractivity contribution in [3.8, 4) is 0 Å². The number of benzene rings is 1. The highest BCUT2D eigenvalue weighted by Gasteiger charge is 2.32. The number of hydrogen-bond acceptors (Lipinski definition) is 2. The first kappa shape index (κ1) is 22.0. The van der Waals surface area contributed by atoms with Crippen molar-refractivity contribution in [1.82, 2.24) is 10.6 Å². The van der Waals surface area contributed by atoms with Crippen LogP contribution in [-0.4, -0.2) is 25.0 Å². The van der Waals surface area contributed by atoms with E-state index in [4.69, 9.17) is 0 Å². The smallest absolute Gasteiger partial charge is 0.220 e. The van der Waals surface area contributed by atoms with Crippen LogP contribution in [-0.2, 0) is 10.2 Å². The van der Waals surface area contributed by atoms with Gasteiger partial charge in [-0.1, -0.05) is 58.0 Å². The number of piperidine rings is 1. The van der Waals surface area contributed by atoms with E-state index in [9.17, 15) is 4.79 Å². The van der Waals surface area contributed by atoms with Crippen molar-refractivity contribution < 1.29 is 4.79 Å². The van der Waals surface area contributed by atoms with Gasteiger partial charge in [0.1, 0.15) is 0 Å². The van der Waals surface area contributed by atoms with Gasteiger partial charge in [-0.25, -0.2) is 0 Å². The Kier molecular flexibility index (Phi) is 8.95. The Balaban J connectivity index is 0.00000312. The Bertz CT molecular complexity index is 512. The molecule has 1 amide bonds. The van der Waals surface area contributed by atoms with Gasteiger partial charge in [-0.3, -0.25) is 4.79 Å². The zero-order chi connectivity index (χ0) is 17.6. The van der Waals surface area contributed by atoms with E-state index in [2.05, 4.69) is 62.6 Å². The van der Waals surface area contributed by atoms with Gasteiger partial charge in [0.15, 0.2) is 0 Å². The van der Waals surface area contributed by atoms with Crippen molar-refractivity contribution in [2.24, 2.45) is 11.8 Å². The standard InChI is InChI=1S/C21H34N2O.ClH/c1-5-19(21(3,4)18-11-7-6-8-12-18)23-20(24)14-16(2)17-10-9-13-22-15-17;/h6-8,11-12,16-17,19,22H,5,9-10,13-15H2,1-4H3,(H,23,24);1H. The molecule has 0 radical (unpaired) electrons. The van der Waals surface area contributed by atoms with Gasteiger partial charge in [-0.05, 0) is 49.8 Å². The molecule has 3 unspecified atom stereocenters. The molecule has 1 aliphatic heterocycles. The second-order valence-electron chi connectivity index (χ2n) is 7.90. The molecule has 2 N–H and O–H groups in total. The molecule has 0 bridgehead atoms. The molecule has 0 saturated carbocycles. The lowest BCUT2D eigenvalue weighted by atomic mass is 9.76. The number of amides is 1. The quantitative estimate of drug-likeness (QED) is 0.755. The number of carbonyl (C=O) groups excluding carboxylic acids is 1. The van der Waals surface area contributed by atoms with E-state index < -0.39 is 0 Å². The number of carbonyl (C=O) groups is 1. The number of rotatable bonds is 7. The SMILES string of the molecule is CCC(NC(=O)CC(C)C1CCCNC1)C(C)(C)c1ccccc1.Cl. The van der Waals surface area contributed by atoms with Gasteiger partial charge in [0.25, 0.3) is 0 Å². The number of nitrogens with one attached hydrogen (secondary N) is 2. The summed E-state index contributed by atoms with van der Waals surface area (Å²) in [7, 11) is 0. The Labute approximate surface area is 159 Å². The lowest BCUT2D eigenvalue weighted by molar-refractivity contribution is -0.123. The van der Waals surface area contributed by atoms with Crippen LogP contribution in [0.2, 0.25) is 0 Å². The molecule has 1 aromatic carbocycles. The molecule has 1 saturated heterocycles. The summed E-state index contributed by atoms with van der Waals surface area (Å²) in [5.41, 5.74) is 1.21. The lowest BCUT2D eigenvalue weighted by Gasteiger charge is -2.36. The third kappa shape index (κ3) is 6.00. The normalized spacial score (nSPS) is 20.2. The van der Waals surface area contributed by atoms with Crippen molar-refractivity contribution in [2.75, 3.05) is 13.1 Å². The lowest BCUT2D eigenvalue weighted by Crippen LogP contribution is -2.47. The first-order valence-electron chi connectivity index (χ1n) is 9.50. The zero-order valence-corrected chi connectivity index (χ0v) is 17.0. The molecule has 25 heavy (non-hydrogen) atoms. The molecule has 3 nitrogen and oxygen atoms in total. The second-order valence-corrected chi connectivity index (χ2v) is 7.90. The maximum Gasteiger partial charge on any atom is 0.220 e. The molecule has 2 rings (SSSR count). The topological polar surface area (TPSA) is 41.1 Å². The molecule has 4 heteroatoms. The Morgan fingerprint density at radius 1 is 1.32 bits per heavy atom. The molecule has 1 fully saturated rings. The van der Waals surface area contributed by atoms with E-state index in [0.717, 1.165) is 19.5 Å². The number of hydrogen-bond donors (Lipinski definition) is 2. The van der Waals surface area contributed by atoms with Crippen molar-refractivity contribution >= 4 is 18.3 Å². The largest absolute Gasteiger partial charge is 0.353 e. The van der Waals surface area contributed by atoms with E-state index in [1.807, 2.05) is 6.07 Å². The fourth-order valence-electron chi connectivity index (χ4n) is 3.94. The van der Waals surface area contributed by atoms with Crippen LogP contribution in [0.3, 0.4) is 0 Å². The highest BCUT2D eigenvalue weighted by molar-refractivity contribution is 5.85. The van der Waals surface area contributed by atoms with Crippen LogP contribution in [0.5, 0.6) is 0 Å². The van der Waals surface area contributed by atoms with Crippen molar-refractivity contribution in [1.29, 1.82) is 0 Å². The van der Waals surface area contributed by atoms with Crippen molar-refractivity contribution in [3.05, 3.63) is 35.9 Å². The fourth-order valence-corrected chi connectivity index (χ4v) is 3.94. The molecule has 3 atom stereocenters. The fraction of sp³-hybridized carbons (Fsp3) is 0.667. The van der Waals surface area contributed by atoms with Gasteiger partial charge in [-0.2, -0.15) is 0 Å². The Hall–Kier alpha value is -1.06. The Morgan fingerprint density at radius 2 is 2.00 bits per heavy atom. The van der Waals surface area contributed by atoms with Crippen molar-refractivity contribution in [3.63, 3.8) is 0 Å². The number of halogens is 1. The highest BCUT2D eigenvalue weighted by Crippen LogP contribution is 2.29. The third-order valence-electron chi connectivity index (χ3n) is 5.78. The predicted octanol–water partition coefficient (Wildman–Crippen LogP) is 4.31. The monoisotopic (exact) mass is 366 g/mol. The summed E-state index contributed by atoms with van der Waals surface area (Å²) >= 11 is 0. The van der Waals surface area contributed by atoms with Gasteiger partial charge < -0.3 is 10.6 Å². The van der Waals surface area contributed by atoms with E-state index in [1.54, 1.807) is 0 Å². The highest BCUT2D eigenvalue weighted by atomic mass is 35.5. The van der Waals surface area contributed by atoms with Crippen molar-refractivity contribution in [2.45, 2.75) is 64.8 Å². The van der Waals surface area contributed by atoms with E-state index in [0.29, 0.717) is 18.3 Å². The van der Waals surface area contributed by atoms with Crippen LogP contribution >= 0.6 is 12.4 Å². The molecule has 1 aromatic rings. The summed E-state index contributed by atoms with van der Waals surface area (Å²) in [6.45, 7) is 11.0. The molecular formula is C21H35ClN2O. The van der Waals surface area contributed by atoms with Crippen LogP contribution < -0.4 is 10.6 Å². The summed E-state index contributed by atoms with van der Waals surface area (Å²) in [5, 5.41) is 6.77.